The molecule has 0 aliphatic heterocycles. The fourth-order valence-corrected chi connectivity index (χ4v) is 4.90. The number of halogens is 1. The van der Waals surface area contributed by atoms with Crippen LogP contribution in [0.5, 0.6) is 5.75 Å². The molecule has 0 aliphatic carbocycles. The van der Waals surface area contributed by atoms with Crippen LogP contribution >= 0.6 is 18.7 Å². The fourth-order valence-electron chi connectivity index (χ4n) is 2.82. The Hall–Kier alpha value is -2.68. The number of benzene rings is 1. The highest BCUT2D eigenvalue weighted by Gasteiger charge is 2.25. The third-order valence-electron chi connectivity index (χ3n) is 4.71. The van der Waals surface area contributed by atoms with Crippen molar-refractivity contribution in [3.05, 3.63) is 47.7 Å². The third kappa shape index (κ3) is 5.63. The smallest absolute Gasteiger partial charge is 0.229 e. The molecule has 2 aromatic heterocycles. The Labute approximate surface area is 198 Å². The van der Waals surface area contributed by atoms with Gasteiger partial charge in [-0.25, -0.2) is 18.4 Å². The van der Waals surface area contributed by atoms with E-state index < -0.39 is 22.2 Å². The number of pyridine rings is 1. The average molecular weight is 510 g/mol. The van der Waals surface area contributed by atoms with Crippen LogP contribution in [0, 0.1) is 0 Å². The number of nitrogens with zero attached hydrogens (tertiary/aromatic N) is 3. The van der Waals surface area contributed by atoms with E-state index in [1.807, 2.05) is 0 Å². The van der Waals surface area contributed by atoms with Crippen LogP contribution in [0.1, 0.15) is 13.8 Å². The number of methoxy groups -OCH3 is 1. The molecule has 0 unspecified atom stereocenters. The van der Waals surface area contributed by atoms with Crippen molar-refractivity contribution in [1.82, 2.24) is 15.0 Å². The molecular weight excluding hydrogens is 485 g/mol. The summed E-state index contributed by atoms with van der Waals surface area (Å²) in [4.78, 5) is 12.6. The van der Waals surface area contributed by atoms with Crippen molar-refractivity contribution in [1.29, 1.82) is 0 Å². The minimum Gasteiger partial charge on any atom is -0.495 e. The topological polar surface area (TPSA) is 123 Å². The number of sulfone groups is 1. The molecule has 0 spiro atoms. The van der Waals surface area contributed by atoms with Crippen LogP contribution in [0.25, 0.3) is 0 Å². The summed E-state index contributed by atoms with van der Waals surface area (Å²) in [6, 6.07) is 8.38. The van der Waals surface area contributed by atoms with Gasteiger partial charge >= 0.3 is 0 Å². The minimum atomic E-state index is -3.64. The Morgan fingerprint density at radius 2 is 1.82 bits per heavy atom. The molecule has 0 saturated heterocycles. The van der Waals surface area contributed by atoms with Crippen LogP contribution in [0.2, 0.25) is 5.02 Å². The lowest BCUT2D eigenvalue weighted by atomic mass is 10.3. The van der Waals surface area contributed by atoms with Gasteiger partial charge in [0.2, 0.25) is 5.95 Å². The summed E-state index contributed by atoms with van der Waals surface area (Å²) >= 11 is 6.27. The summed E-state index contributed by atoms with van der Waals surface area (Å²) in [7, 11) is -4.59. The zero-order valence-corrected chi connectivity index (χ0v) is 21.3. The highest BCUT2D eigenvalue weighted by molar-refractivity contribution is 7.92. The lowest BCUT2D eigenvalue weighted by molar-refractivity contribution is 0.417. The Balaban J connectivity index is 1.95. The highest BCUT2D eigenvalue weighted by atomic mass is 35.5. The predicted octanol–water partition coefficient (Wildman–Crippen LogP) is 4.45. The van der Waals surface area contributed by atoms with E-state index in [0.717, 1.165) is 0 Å². The molecule has 176 valence electrons. The molecule has 2 heterocycles. The zero-order chi connectivity index (χ0) is 24.4. The van der Waals surface area contributed by atoms with Gasteiger partial charge in [0, 0.05) is 11.5 Å². The number of hydrogen-bond donors (Lipinski definition) is 2. The molecule has 3 aromatic rings. The first-order valence-corrected chi connectivity index (χ1v) is 14.4. The standard InChI is InChI=1S/C21H25ClN5O4PS/c1-13(2)33(29,30)20-17(7-6-10-23-20)25-19-15(22)12-24-21(27-19)26-16-9-8-14(32(4,5)28)11-18(16)31-3/h6-13H,1-5H3,(H2,24,25,26,27). The fraction of sp³-hybridized carbons (Fsp3) is 0.286. The molecule has 33 heavy (non-hydrogen) atoms. The van der Waals surface area contributed by atoms with Crippen LogP contribution in [0.4, 0.5) is 23.1 Å². The van der Waals surface area contributed by atoms with Crippen molar-refractivity contribution in [2.24, 2.45) is 0 Å². The van der Waals surface area contributed by atoms with Crippen molar-refractivity contribution in [2.45, 2.75) is 24.1 Å². The zero-order valence-electron chi connectivity index (χ0n) is 18.8. The maximum atomic E-state index is 12.7. The van der Waals surface area contributed by atoms with Crippen molar-refractivity contribution < 1.29 is 17.7 Å². The van der Waals surface area contributed by atoms with Gasteiger partial charge < -0.3 is 19.9 Å². The average Bonchev–Trinajstić information content (AvgIpc) is 2.75. The SMILES string of the molecule is COc1cc(P(C)(C)=O)ccc1Nc1ncc(Cl)c(Nc2cccnc2S(=O)(=O)C(C)C)n1. The van der Waals surface area contributed by atoms with Crippen LogP contribution in [0.3, 0.4) is 0 Å². The maximum absolute atomic E-state index is 12.7. The molecule has 3 rings (SSSR count). The molecule has 0 amide bonds. The first-order chi connectivity index (χ1) is 15.4. The van der Waals surface area contributed by atoms with Gasteiger partial charge in [0.05, 0.1) is 29.9 Å². The molecule has 9 nitrogen and oxygen atoms in total. The summed E-state index contributed by atoms with van der Waals surface area (Å²) < 4.78 is 43.2. The number of anilines is 4. The van der Waals surface area contributed by atoms with E-state index in [1.54, 1.807) is 57.5 Å². The molecule has 2 N–H and O–H groups in total. The van der Waals surface area contributed by atoms with Crippen molar-refractivity contribution >= 4 is 57.0 Å². The molecule has 0 bridgehead atoms. The first-order valence-electron chi connectivity index (χ1n) is 9.92. The second-order valence-corrected chi connectivity index (χ2v) is 13.9. The summed E-state index contributed by atoms with van der Waals surface area (Å²) in [6.45, 7) is 6.53. The number of rotatable bonds is 8. The van der Waals surface area contributed by atoms with Gasteiger partial charge in [-0.2, -0.15) is 4.98 Å². The lowest BCUT2D eigenvalue weighted by Gasteiger charge is -2.16. The Morgan fingerprint density at radius 3 is 2.45 bits per heavy atom. The number of nitrogens with one attached hydrogen (secondary N) is 2. The lowest BCUT2D eigenvalue weighted by Crippen LogP contribution is -2.17. The summed E-state index contributed by atoms with van der Waals surface area (Å²) in [5.74, 6) is 0.868. The minimum absolute atomic E-state index is 0.0926. The molecule has 0 fully saturated rings. The maximum Gasteiger partial charge on any atom is 0.229 e. The largest absolute Gasteiger partial charge is 0.495 e. The number of aromatic nitrogens is 3. The third-order valence-corrected chi connectivity index (χ3v) is 8.62. The second-order valence-electron chi connectivity index (χ2n) is 7.83. The molecule has 0 saturated carbocycles. The van der Waals surface area contributed by atoms with Crippen molar-refractivity contribution in [3.63, 3.8) is 0 Å². The number of ether oxygens (including phenoxy) is 1. The van der Waals surface area contributed by atoms with Crippen LogP contribution < -0.4 is 20.7 Å². The molecular formula is C21H25ClN5O4PS. The van der Waals surface area contributed by atoms with Crippen LogP contribution in [-0.4, -0.2) is 49.1 Å². The van der Waals surface area contributed by atoms with Gasteiger partial charge in [-0.1, -0.05) is 11.6 Å². The van der Waals surface area contributed by atoms with E-state index in [1.165, 1.54) is 19.5 Å². The first kappa shape index (κ1) is 25.0. The second kappa shape index (κ2) is 9.67. The Morgan fingerprint density at radius 1 is 1.09 bits per heavy atom. The number of hydrogen-bond acceptors (Lipinski definition) is 9. The molecule has 12 heteroatoms. The quantitative estimate of drug-likeness (QED) is 0.424. The normalized spacial score (nSPS) is 12.0. The Bertz CT molecular complexity index is 1330. The highest BCUT2D eigenvalue weighted by Crippen LogP contribution is 2.38. The Kier molecular flexibility index (Phi) is 7.31. The van der Waals surface area contributed by atoms with E-state index in [9.17, 15) is 13.0 Å². The van der Waals surface area contributed by atoms with E-state index >= 15 is 0 Å². The van der Waals surface area contributed by atoms with E-state index in [-0.39, 0.29) is 27.5 Å². The van der Waals surface area contributed by atoms with E-state index in [0.29, 0.717) is 16.7 Å². The van der Waals surface area contributed by atoms with Crippen LogP contribution in [0.15, 0.2) is 47.8 Å². The predicted molar refractivity (Wildman–Crippen MR) is 132 cm³/mol. The van der Waals surface area contributed by atoms with Crippen molar-refractivity contribution in [2.75, 3.05) is 31.1 Å². The van der Waals surface area contributed by atoms with Gasteiger partial charge in [0.1, 0.15) is 17.9 Å². The van der Waals surface area contributed by atoms with Gasteiger partial charge in [-0.15, -0.1) is 0 Å². The van der Waals surface area contributed by atoms with Gasteiger partial charge in [0.25, 0.3) is 0 Å². The van der Waals surface area contributed by atoms with E-state index in [2.05, 4.69) is 25.6 Å². The van der Waals surface area contributed by atoms with Gasteiger partial charge in [-0.3, -0.25) is 0 Å². The van der Waals surface area contributed by atoms with Crippen molar-refractivity contribution in [3.8, 4) is 5.75 Å². The van der Waals surface area contributed by atoms with E-state index in [4.69, 9.17) is 16.3 Å². The summed E-state index contributed by atoms with van der Waals surface area (Å²) in [5, 5.41) is 6.13. The molecule has 0 atom stereocenters. The summed E-state index contributed by atoms with van der Waals surface area (Å²) in [6.07, 6.45) is 2.80. The monoisotopic (exact) mass is 509 g/mol. The van der Waals surface area contributed by atoms with Crippen LogP contribution in [-0.2, 0) is 14.4 Å². The van der Waals surface area contributed by atoms with Gasteiger partial charge in [-0.05, 0) is 57.5 Å². The van der Waals surface area contributed by atoms with Gasteiger partial charge in [0.15, 0.2) is 20.7 Å². The summed E-state index contributed by atoms with van der Waals surface area (Å²) in [5.41, 5.74) is 0.814. The molecule has 0 aliphatic rings. The molecule has 1 aromatic carbocycles. The molecule has 0 radical (unpaired) electrons.